The van der Waals surface area contributed by atoms with Crippen molar-refractivity contribution in [2.24, 2.45) is 5.92 Å². The molecule has 0 radical (unpaired) electrons. The molecule has 92 valence electrons. The Balaban J connectivity index is 2.11. The lowest BCUT2D eigenvalue weighted by molar-refractivity contribution is -0.122. The van der Waals surface area contributed by atoms with E-state index in [0.717, 1.165) is 24.2 Å². The average Bonchev–Trinajstić information content (AvgIpc) is 2.83. The molecule has 0 aliphatic heterocycles. The molecule has 0 unspecified atom stereocenters. The number of ketones is 1. The zero-order valence-corrected chi connectivity index (χ0v) is 10.7. The smallest absolute Gasteiger partial charge is 0.140 e. The first kappa shape index (κ1) is 12.2. The van der Waals surface area contributed by atoms with Gasteiger partial charge >= 0.3 is 0 Å². The van der Waals surface area contributed by atoms with Crippen molar-refractivity contribution in [1.29, 1.82) is 0 Å². The molecule has 17 heavy (non-hydrogen) atoms. The largest absolute Gasteiger partial charge is 0.496 e. The normalized spacial score (nSPS) is 16.1. The Morgan fingerprint density at radius 1 is 1.35 bits per heavy atom. The van der Waals surface area contributed by atoms with E-state index in [1.807, 2.05) is 19.1 Å². The molecule has 2 nitrogen and oxygen atoms in total. The minimum absolute atomic E-state index is 0.292. The van der Waals surface area contributed by atoms with E-state index in [2.05, 4.69) is 6.07 Å². The van der Waals surface area contributed by atoms with Crippen molar-refractivity contribution in [3.63, 3.8) is 0 Å². The highest BCUT2D eigenvalue weighted by Gasteiger charge is 2.23. The van der Waals surface area contributed by atoms with E-state index in [-0.39, 0.29) is 0 Å². The summed E-state index contributed by atoms with van der Waals surface area (Å²) in [6.07, 6.45) is 5.10. The minimum Gasteiger partial charge on any atom is -0.496 e. The Morgan fingerprint density at radius 3 is 2.71 bits per heavy atom. The van der Waals surface area contributed by atoms with Crippen LogP contribution in [0.2, 0.25) is 0 Å². The molecule has 0 spiro atoms. The summed E-state index contributed by atoms with van der Waals surface area (Å²) in [5.74, 6) is 1.51. The van der Waals surface area contributed by atoms with Gasteiger partial charge in [-0.3, -0.25) is 4.79 Å². The fourth-order valence-electron chi connectivity index (χ4n) is 2.63. The fourth-order valence-corrected chi connectivity index (χ4v) is 2.63. The van der Waals surface area contributed by atoms with E-state index in [1.54, 1.807) is 7.11 Å². The van der Waals surface area contributed by atoms with Gasteiger partial charge in [-0.25, -0.2) is 0 Å². The lowest BCUT2D eigenvalue weighted by atomic mass is 9.95. The molecule has 0 saturated heterocycles. The second kappa shape index (κ2) is 5.35. The van der Waals surface area contributed by atoms with Gasteiger partial charge < -0.3 is 4.74 Å². The van der Waals surface area contributed by atoms with Gasteiger partial charge in [-0.2, -0.15) is 0 Å². The second-order valence-corrected chi connectivity index (χ2v) is 4.94. The Bertz CT molecular complexity index is 403. The van der Waals surface area contributed by atoms with E-state index < -0.39 is 0 Å². The highest BCUT2D eigenvalue weighted by Crippen LogP contribution is 2.28. The number of hydrogen-bond acceptors (Lipinski definition) is 2. The molecule has 0 aromatic heterocycles. The van der Waals surface area contributed by atoms with Crippen molar-refractivity contribution < 1.29 is 9.53 Å². The van der Waals surface area contributed by atoms with Crippen molar-refractivity contribution in [1.82, 2.24) is 0 Å². The molecule has 2 heteroatoms. The molecule has 1 aromatic carbocycles. The first-order chi connectivity index (χ1) is 8.20. The first-order valence-corrected chi connectivity index (χ1v) is 6.37. The lowest BCUT2D eigenvalue weighted by Gasteiger charge is -2.11. The highest BCUT2D eigenvalue weighted by molar-refractivity contribution is 5.84. The van der Waals surface area contributed by atoms with Crippen LogP contribution >= 0.6 is 0 Å². The molecule has 0 amide bonds. The average molecular weight is 232 g/mol. The van der Waals surface area contributed by atoms with Crippen LogP contribution in [0, 0.1) is 12.8 Å². The zero-order chi connectivity index (χ0) is 12.3. The number of rotatable bonds is 4. The van der Waals surface area contributed by atoms with Gasteiger partial charge in [0.05, 0.1) is 7.11 Å². The maximum atomic E-state index is 12.1. The number of carbonyl (C=O) groups excluding carboxylic acids is 1. The second-order valence-electron chi connectivity index (χ2n) is 4.94. The Morgan fingerprint density at radius 2 is 2.06 bits per heavy atom. The summed E-state index contributed by atoms with van der Waals surface area (Å²) >= 11 is 0. The highest BCUT2D eigenvalue weighted by atomic mass is 16.5. The van der Waals surface area contributed by atoms with Crippen LogP contribution in [0.4, 0.5) is 0 Å². The number of Topliss-reactive ketones (excluding diaryl/α,β-unsaturated/α-hetero) is 1. The molecule has 1 saturated carbocycles. The van der Waals surface area contributed by atoms with E-state index in [0.29, 0.717) is 18.1 Å². The molecule has 0 bridgehead atoms. The molecule has 1 aliphatic rings. The predicted molar refractivity (Wildman–Crippen MR) is 68.4 cm³/mol. The van der Waals surface area contributed by atoms with Gasteiger partial charge in [0.25, 0.3) is 0 Å². The van der Waals surface area contributed by atoms with Crippen molar-refractivity contribution in [2.45, 2.75) is 39.0 Å². The van der Waals surface area contributed by atoms with E-state index in [4.69, 9.17) is 4.74 Å². The number of aryl methyl sites for hydroxylation is 1. The van der Waals surface area contributed by atoms with E-state index >= 15 is 0 Å². The lowest BCUT2D eigenvalue weighted by Crippen LogP contribution is -2.14. The van der Waals surface area contributed by atoms with Gasteiger partial charge in [-0.15, -0.1) is 0 Å². The maximum Gasteiger partial charge on any atom is 0.140 e. The van der Waals surface area contributed by atoms with Crippen LogP contribution in [-0.4, -0.2) is 12.9 Å². The number of hydrogen-bond donors (Lipinski definition) is 0. The Kier molecular flexibility index (Phi) is 3.82. The van der Waals surface area contributed by atoms with Crippen molar-refractivity contribution in [3.8, 4) is 5.75 Å². The van der Waals surface area contributed by atoms with Gasteiger partial charge in [0.15, 0.2) is 0 Å². The van der Waals surface area contributed by atoms with Crippen LogP contribution in [0.1, 0.15) is 36.8 Å². The number of methoxy groups -OCH3 is 1. The topological polar surface area (TPSA) is 26.3 Å². The van der Waals surface area contributed by atoms with Gasteiger partial charge in [-0.05, 0) is 25.8 Å². The molecular weight excluding hydrogens is 212 g/mol. The molecule has 2 rings (SSSR count). The molecular formula is C15H20O2. The quantitative estimate of drug-likeness (QED) is 0.796. The maximum absolute atomic E-state index is 12.1. The summed E-state index contributed by atoms with van der Waals surface area (Å²) in [5.41, 5.74) is 2.21. The summed E-state index contributed by atoms with van der Waals surface area (Å²) in [6.45, 7) is 2.04. The number of ether oxygens (including phenoxy) is 1. The summed E-state index contributed by atoms with van der Waals surface area (Å²) in [5, 5.41) is 0. The minimum atomic E-state index is 0.292. The predicted octanol–water partition coefficient (Wildman–Crippen LogP) is 3.31. The van der Waals surface area contributed by atoms with Crippen LogP contribution in [0.25, 0.3) is 0 Å². The van der Waals surface area contributed by atoms with Crippen LogP contribution in [-0.2, 0) is 11.2 Å². The summed E-state index contributed by atoms with van der Waals surface area (Å²) < 4.78 is 5.31. The Labute approximate surface area is 103 Å². The SMILES string of the molecule is COc1ccc(C)cc1CC(=O)C1CCCC1. The molecule has 0 heterocycles. The third-order valence-corrected chi connectivity index (χ3v) is 3.61. The zero-order valence-electron chi connectivity index (χ0n) is 10.7. The van der Waals surface area contributed by atoms with E-state index in [9.17, 15) is 4.79 Å². The molecule has 1 aliphatic carbocycles. The third kappa shape index (κ3) is 2.87. The van der Waals surface area contributed by atoms with Crippen molar-refractivity contribution in [2.75, 3.05) is 7.11 Å². The first-order valence-electron chi connectivity index (χ1n) is 6.37. The monoisotopic (exact) mass is 232 g/mol. The summed E-state index contributed by atoms with van der Waals surface area (Å²) in [6, 6.07) is 6.03. The standard InChI is InChI=1S/C15H20O2/c1-11-7-8-15(17-2)13(9-11)10-14(16)12-5-3-4-6-12/h7-9,12H,3-6,10H2,1-2H3. The van der Waals surface area contributed by atoms with Gasteiger partial charge in [-0.1, -0.05) is 30.5 Å². The number of carbonyl (C=O) groups is 1. The molecule has 0 N–H and O–H groups in total. The fraction of sp³-hybridized carbons (Fsp3) is 0.533. The molecule has 1 fully saturated rings. The molecule has 0 atom stereocenters. The van der Waals surface area contributed by atoms with Gasteiger partial charge in [0.2, 0.25) is 0 Å². The van der Waals surface area contributed by atoms with Crippen LogP contribution < -0.4 is 4.74 Å². The number of benzene rings is 1. The van der Waals surface area contributed by atoms with E-state index in [1.165, 1.54) is 18.4 Å². The van der Waals surface area contributed by atoms with Crippen molar-refractivity contribution in [3.05, 3.63) is 29.3 Å². The van der Waals surface area contributed by atoms with Gasteiger partial charge in [0.1, 0.15) is 11.5 Å². The Hall–Kier alpha value is -1.31. The third-order valence-electron chi connectivity index (χ3n) is 3.61. The summed E-state index contributed by atoms with van der Waals surface area (Å²) in [4.78, 5) is 12.1. The van der Waals surface area contributed by atoms with Crippen LogP contribution in [0.5, 0.6) is 5.75 Å². The van der Waals surface area contributed by atoms with Crippen LogP contribution in [0.15, 0.2) is 18.2 Å². The summed E-state index contributed by atoms with van der Waals surface area (Å²) in [7, 11) is 1.66. The van der Waals surface area contributed by atoms with Crippen molar-refractivity contribution >= 4 is 5.78 Å². The van der Waals surface area contributed by atoms with Gasteiger partial charge in [0, 0.05) is 17.9 Å². The van der Waals surface area contributed by atoms with Crippen LogP contribution in [0.3, 0.4) is 0 Å². The molecule has 1 aromatic rings.